The molecule has 0 aliphatic heterocycles. The second-order valence-electron chi connectivity index (χ2n) is 4.82. The summed E-state index contributed by atoms with van der Waals surface area (Å²) < 4.78 is 5.61. The summed E-state index contributed by atoms with van der Waals surface area (Å²) in [5.74, 6) is -0.539. The third-order valence-electron chi connectivity index (χ3n) is 2.85. The average Bonchev–Trinajstić information content (AvgIpc) is 2.88. The Kier molecular flexibility index (Phi) is 6.07. The molecule has 0 aliphatic carbocycles. The van der Waals surface area contributed by atoms with E-state index in [0.29, 0.717) is 17.4 Å². The second kappa shape index (κ2) is 8.25. The number of esters is 1. The minimum absolute atomic E-state index is 0.120. The molecule has 1 aromatic heterocycles. The van der Waals surface area contributed by atoms with Crippen LogP contribution >= 0.6 is 11.3 Å². The quantitative estimate of drug-likeness (QED) is 0.693. The van der Waals surface area contributed by atoms with Gasteiger partial charge in [0, 0.05) is 19.2 Å². The Morgan fingerprint density at radius 2 is 2.04 bits per heavy atom. The molecule has 128 valence electrons. The lowest BCUT2D eigenvalue weighted by atomic mass is 10.3. The van der Waals surface area contributed by atoms with Crippen LogP contribution in [0.25, 0.3) is 10.2 Å². The predicted octanol–water partition coefficient (Wildman–Crippen LogP) is 2.33. The van der Waals surface area contributed by atoms with Gasteiger partial charge in [0.15, 0.2) is 5.13 Å². The van der Waals surface area contributed by atoms with Crippen molar-refractivity contribution in [2.75, 3.05) is 23.8 Å². The summed E-state index contributed by atoms with van der Waals surface area (Å²) in [5, 5.41) is 8.40. The van der Waals surface area contributed by atoms with Crippen molar-refractivity contribution in [3.8, 4) is 0 Å². The van der Waals surface area contributed by atoms with Crippen LogP contribution < -0.4 is 16.0 Å². The SMILES string of the molecule is CCOC(=O)CCNC(=O)Nc1ccc2nc(NC(C)=O)sc2c1. The summed E-state index contributed by atoms with van der Waals surface area (Å²) in [6.07, 6.45) is 0.120. The van der Waals surface area contributed by atoms with Crippen LogP contribution in [-0.2, 0) is 14.3 Å². The fourth-order valence-electron chi connectivity index (χ4n) is 1.89. The van der Waals surface area contributed by atoms with Crippen molar-refractivity contribution in [1.82, 2.24) is 10.3 Å². The number of rotatable bonds is 6. The first-order valence-corrected chi connectivity index (χ1v) is 8.18. The Bertz CT molecular complexity index is 759. The molecule has 3 N–H and O–H groups in total. The number of amides is 3. The summed E-state index contributed by atoms with van der Waals surface area (Å²) >= 11 is 1.32. The number of carbonyl (C=O) groups excluding carboxylic acids is 3. The Hall–Kier alpha value is -2.68. The van der Waals surface area contributed by atoms with Gasteiger partial charge in [0.2, 0.25) is 5.91 Å². The number of ether oxygens (including phenoxy) is 1. The van der Waals surface area contributed by atoms with E-state index in [9.17, 15) is 14.4 Å². The van der Waals surface area contributed by atoms with Crippen LogP contribution in [0.4, 0.5) is 15.6 Å². The van der Waals surface area contributed by atoms with E-state index in [-0.39, 0.29) is 24.8 Å². The summed E-state index contributed by atoms with van der Waals surface area (Å²) in [6, 6.07) is 4.82. The van der Waals surface area contributed by atoms with E-state index in [1.165, 1.54) is 18.3 Å². The molecule has 0 radical (unpaired) electrons. The van der Waals surface area contributed by atoms with E-state index in [1.54, 1.807) is 25.1 Å². The third-order valence-corrected chi connectivity index (χ3v) is 3.78. The summed E-state index contributed by atoms with van der Waals surface area (Å²) in [6.45, 7) is 3.66. The summed E-state index contributed by atoms with van der Waals surface area (Å²) in [4.78, 5) is 38.3. The van der Waals surface area contributed by atoms with Gasteiger partial charge in [-0.3, -0.25) is 9.59 Å². The highest BCUT2D eigenvalue weighted by atomic mass is 32.1. The number of aromatic nitrogens is 1. The van der Waals surface area contributed by atoms with Crippen LogP contribution in [0.5, 0.6) is 0 Å². The molecular formula is C15H18N4O4S. The first-order chi connectivity index (χ1) is 11.5. The number of anilines is 2. The van der Waals surface area contributed by atoms with Gasteiger partial charge in [0.05, 0.1) is 23.2 Å². The molecule has 1 heterocycles. The van der Waals surface area contributed by atoms with Crippen molar-refractivity contribution >= 4 is 50.3 Å². The molecule has 0 saturated heterocycles. The van der Waals surface area contributed by atoms with Gasteiger partial charge >= 0.3 is 12.0 Å². The molecule has 2 aromatic rings. The number of benzene rings is 1. The highest BCUT2D eigenvalue weighted by Crippen LogP contribution is 2.28. The van der Waals surface area contributed by atoms with Gasteiger partial charge in [-0.15, -0.1) is 0 Å². The number of urea groups is 1. The first-order valence-electron chi connectivity index (χ1n) is 7.36. The zero-order valence-corrected chi connectivity index (χ0v) is 14.2. The van der Waals surface area contributed by atoms with Crippen LogP contribution in [0.1, 0.15) is 20.3 Å². The average molecular weight is 350 g/mol. The number of nitrogens with zero attached hydrogens (tertiary/aromatic N) is 1. The number of hydrogen-bond acceptors (Lipinski definition) is 6. The van der Waals surface area contributed by atoms with E-state index in [0.717, 1.165) is 10.2 Å². The molecule has 2 rings (SSSR count). The van der Waals surface area contributed by atoms with Crippen molar-refractivity contribution in [3.05, 3.63) is 18.2 Å². The highest BCUT2D eigenvalue weighted by molar-refractivity contribution is 7.22. The fraction of sp³-hybridized carbons (Fsp3) is 0.333. The van der Waals surface area contributed by atoms with Gasteiger partial charge in [-0.05, 0) is 25.1 Å². The van der Waals surface area contributed by atoms with E-state index >= 15 is 0 Å². The van der Waals surface area contributed by atoms with Crippen LogP contribution in [0.2, 0.25) is 0 Å². The van der Waals surface area contributed by atoms with Crippen LogP contribution in [0, 0.1) is 0 Å². The number of thiazole rings is 1. The molecular weight excluding hydrogens is 332 g/mol. The maximum Gasteiger partial charge on any atom is 0.319 e. The van der Waals surface area contributed by atoms with Crippen LogP contribution in [0.3, 0.4) is 0 Å². The predicted molar refractivity (Wildman–Crippen MR) is 92.2 cm³/mol. The van der Waals surface area contributed by atoms with E-state index in [2.05, 4.69) is 20.9 Å². The molecule has 1 aromatic carbocycles. The zero-order valence-electron chi connectivity index (χ0n) is 13.3. The van der Waals surface area contributed by atoms with Crippen molar-refractivity contribution in [2.45, 2.75) is 20.3 Å². The maximum atomic E-state index is 11.8. The highest BCUT2D eigenvalue weighted by Gasteiger charge is 2.08. The Morgan fingerprint density at radius 1 is 1.25 bits per heavy atom. The normalized spacial score (nSPS) is 10.2. The number of nitrogens with one attached hydrogen (secondary N) is 3. The lowest BCUT2D eigenvalue weighted by Crippen LogP contribution is -2.30. The molecule has 0 atom stereocenters. The molecule has 3 amide bonds. The smallest absolute Gasteiger partial charge is 0.319 e. The molecule has 24 heavy (non-hydrogen) atoms. The van der Waals surface area contributed by atoms with Gasteiger partial charge in [0.1, 0.15) is 0 Å². The molecule has 0 aliphatic rings. The molecule has 9 heteroatoms. The van der Waals surface area contributed by atoms with Crippen LogP contribution in [-0.4, -0.2) is 36.0 Å². The van der Waals surface area contributed by atoms with Crippen molar-refractivity contribution in [1.29, 1.82) is 0 Å². The Morgan fingerprint density at radius 3 is 2.75 bits per heavy atom. The van der Waals surface area contributed by atoms with Crippen molar-refractivity contribution in [2.24, 2.45) is 0 Å². The molecule has 0 spiro atoms. The lowest BCUT2D eigenvalue weighted by molar-refractivity contribution is -0.142. The summed E-state index contributed by atoms with van der Waals surface area (Å²) in [7, 11) is 0. The molecule has 0 unspecified atom stereocenters. The summed E-state index contributed by atoms with van der Waals surface area (Å²) in [5.41, 5.74) is 1.33. The lowest BCUT2D eigenvalue weighted by Gasteiger charge is -2.07. The van der Waals surface area contributed by atoms with Crippen molar-refractivity contribution in [3.63, 3.8) is 0 Å². The van der Waals surface area contributed by atoms with Crippen molar-refractivity contribution < 1.29 is 19.1 Å². The number of fused-ring (bicyclic) bond motifs is 1. The van der Waals surface area contributed by atoms with E-state index in [1.807, 2.05) is 0 Å². The Balaban J connectivity index is 1.91. The van der Waals surface area contributed by atoms with E-state index in [4.69, 9.17) is 4.74 Å². The Labute approximate surface area is 142 Å². The third kappa shape index (κ3) is 5.20. The minimum atomic E-state index is -0.412. The van der Waals surface area contributed by atoms with Gasteiger partial charge in [-0.2, -0.15) is 0 Å². The second-order valence-corrected chi connectivity index (χ2v) is 5.85. The monoisotopic (exact) mass is 350 g/mol. The van der Waals surface area contributed by atoms with E-state index < -0.39 is 6.03 Å². The molecule has 8 nitrogen and oxygen atoms in total. The van der Waals surface area contributed by atoms with Gasteiger partial charge in [-0.1, -0.05) is 11.3 Å². The van der Waals surface area contributed by atoms with Crippen LogP contribution in [0.15, 0.2) is 18.2 Å². The molecule has 0 fully saturated rings. The number of hydrogen-bond donors (Lipinski definition) is 3. The number of carbonyl (C=O) groups is 3. The van der Waals surface area contributed by atoms with Gasteiger partial charge in [-0.25, -0.2) is 9.78 Å². The molecule has 0 saturated carbocycles. The topological polar surface area (TPSA) is 109 Å². The first kappa shape index (κ1) is 17.7. The fourth-order valence-corrected chi connectivity index (χ4v) is 2.84. The molecule has 0 bridgehead atoms. The standard InChI is InChI=1S/C15H18N4O4S/c1-3-23-13(21)6-7-16-14(22)18-10-4-5-11-12(8-10)24-15(19-11)17-9(2)20/h4-5,8H,3,6-7H2,1-2H3,(H2,16,18,22)(H,17,19,20). The van der Waals surface area contributed by atoms with Gasteiger partial charge in [0.25, 0.3) is 0 Å². The largest absolute Gasteiger partial charge is 0.466 e. The maximum absolute atomic E-state index is 11.8. The zero-order chi connectivity index (χ0) is 17.5. The minimum Gasteiger partial charge on any atom is -0.466 e. The van der Waals surface area contributed by atoms with Gasteiger partial charge < -0.3 is 20.7 Å².